The Morgan fingerprint density at radius 2 is 1.52 bits per heavy atom. The van der Waals surface area contributed by atoms with E-state index in [2.05, 4.69) is 12.1 Å². The summed E-state index contributed by atoms with van der Waals surface area (Å²) in [5.41, 5.74) is 6.05. The Bertz CT molecular complexity index is 779. The van der Waals surface area contributed by atoms with Crippen LogP contribution in [-0.4, -0.2) is 5.91 Å². The van der Waals surface area contributed by atoms with Crippen molar-refractivity contribution in [2.45, 2.75) is 6.42 Å². The molecule has 0 bridgehead atoms. The molecule has 0 fully saturated rings. The zero-order valence-electron chi connectivity index (χ0n) is 11.5. The number of amides is 1. The Morgan fingerprint density at radius 3 is 2.24 bits per heavy atom. The van der Waals surface area contributed by atoms with Gasteiger partial charge in [-0.2, -0.15) is 0 Å². The average Bonchev–Trinajstić information content (AvgIpc) is 2.49. The van der Waals surface area contributed by atoms with E-state index in [-0.39, 0.29) is 12.3 Å². The Kier molecular flexibility index (Phi) is 3.56. The summed E-state index contributed by atoms with van der Waals surface area (Å²) in [5, 5.41) is 2.32. The average molecular weight is 277 g/mol. The van der Waals surface area contributed by atoms with E-state index in [0.717, 1.165) is 22.4 Å². The number of hydrogen-bond acceptors (Lipinski definition) is 2. The first-order valence-electron chi connectivity index (χ1n) is 6.74. The number of fused-ring (bicyclic) bond motifs is 1. The van der Waals surface area contributed by atoms with Gasteiger partial charge in [-0.05, 0) is 40.6 Å². The SMILES string of the molecule is NC(=O)Cc1ccc(Oc2ccc3ccccc3c2)cc1. The summed E-state index contributed by atoms with van der Waals surface area (Å²) < 4.78 is 5.83. The van der Waals surface area contributed by atoms with E-state index in [4.69, 9.17) is 10.5 Å². The van der Waals surface area contributed by atoms with Crippen molar-refractivity contribution < 1.29 is 9.53 Å². The van der Waals surface area contributed by atoms with Crippen molar-refractivity contribution in [1.82, 2.24) is 0 Å². The van der Waals surface area contributed by atoms with Crippen LogP contribution < -0.4 is 10.5 Å². The van der Waals surface area contributed by atoms with Crippen LogP contribution in [0.15, 0.2) is 66.7 Å². The van der Waals surface area contributed by atoms with Gasteiger partial charge < -0.3 is 10.5 Å². The van der Waals surface area contributed by atoms with Crippen molar-refractivity contribution in [2.24, 2.45) is 5.73 Å². The summed E-state index contributed by atoms with van der Waals surface area (Å²) in [6, 6.07) is 21.5. The molecule has 0 aromatic heterocycles. The third-order valence-corrected chi connectivity index (χ3v) is 3.26. The number of ether oxygens (including phenoxy) is 1. The molecule has 3 aromatic carbocycles. The molecular weight excluding hydrogens is 262 g/mol. The van der Waals surface area contributed by atoms with E-state index in [1.165, 1.54) is 5.39 Å². The smallest absolute Gasteiger partial charge is 0.221 e. The largest absolute Gasteiger partial charge is 0.457 e. The van der Waals surface area contributed by atoms with Gasteiger partial charge in [0.2, 0.25) is 5.91 Å². The van der Waals surface area contributed by atoms with E-state index in [1.807, 2.05) is 54.6 Å². The van der Waals surface area contributed by atoms with Crippen LogP contribution in [0.2, 0.25) is 0 Å². The minimum absolute atomic E-state index is 0.246. The van der Waals surface area contributed by atoms with Gasteiger partial charge in [-0.15, -0.1) is 0 Å². The standard InChI is InChI=1S/C18H15NO2/c19-18(20)11-13-5-8-16(9-6-13)21-17-10-7-14-3-1-2-4-15(14)12-17/h1-10,12H,11H2,(H2,19,20). The Hall–Kier alpha value is -2.81. The molecule has 3 nitrogen and oxygen atoms in total. The molecule has 3 aromatic rings. The lowest BCUT2D eigenvalue weighted by Gasteiger charge is -2.07. The van der Waals surface area contributed by atoms with E-state index < -0.39 is 0 Å². The number of primary amides is 1. The third kappa shape index (κ3) is 3.20. The van der Waals surface area contributed by atoms with Crippen LogP contribution in [0.25, 0.3) is 10.8 Å². The van der Waals surface area contributed by atoms with Crippen LogP contribution in [0, 0.1) is 0 Å². The van der Waals surface area contributed by atoms with Crippen molar-refractivity contribution in [2.75, 3.05) is 0 Å². The number of hydrogen-bond donors (Lipinski definition) is 1. The van der Waals surface area contributed by atoms with Gasteiger partial charge in [-0.3, -0.25) is 4.79 Å². The van der Waals surface area contributed by atoms with Gasteiger partial charge in [0.1, 0.15) is 11.5 Å². The third-order valence-electron chi connectivity index (χ3n) is 3.26. The van der Waals surface area contributed by atoms with Crippen molar-refractivity contribution in [3.8, 4) is 11.5 Å². The fraction of sp³-hybridized carbons (Fsp3) is 0.0556. The fourth-order valence-electron chi connectivity index (χ4n) is 2.24. The maximum absolute atomic E-state index is 10.9. The van der Waals surface area contributed by atoms with Gasteiger partial charge in [0.25, 0.3) is 0 Å². The lowest BCUT2D eigenvalue weighted by molar-refractivity contribution is -0.117. The summed E-state index contributed by atoms with van der Waals surface area (Å²) in [5.74, 6) is 1.19. The van der Waals surface area contributed by atoms with Gasteiger partial charge in [0, 0.05) is 0 Å². The van der Waals surface area contributed by atoms with Crippen molar-refractivity contribution in [3.05, 3.63) is 72.3 Å². The second-order valence-corrected chi connectivity index (χ2v) is 4.90. The molecule has 3 heteroatoms. The molecular formula is C18H15NO2. The van der Waals surface area contributed by atoms with Gasteiger partial charge in [0.05, 0.1) is 6.42 Å². The van der Waals surface area contributed by atoms with Gasteiger partial charge >= 0.3 is 0 Å². The quantitative estimate of drug-likeness (QED) is 0.791. The molecule has 0 aliphatic carbocycles. The molecule has 0 atom stereocenters. The highest BCUT2D eigenvalue weighted by Crippen LogP contribution is 2.25. The summed E-state index contributed by atoms with van der Waals surface area (Å²) in [6.45, 7) is 0. The molecule has 0 heterocycles. The first kappa shape index (κ1) is 13.2. The molecule has 0 unspecified atom stereocenters. The first-order valence-corrected chi connectivity index (χ1v) is 6.74. The predicted molar refractivity (Wildman–Crippen MR) is 83.4 cm³/mol. The number of nitrogens with two attached hydrogens (primary N) is 1. The van der Waals surface area contributed by atoms with Gasteiger partial charge in [0.15, 0.2) is 0 Å². The second-order valence-electron chi connectivity index (χ2n) is 4.90. The zero-order valence-corrected chi connectivity index (χ0v) is 11.5. The minimum atomic E-state index is -0.335. The predicted octanol–water partition coefficient (Wildman–Crippen LogP) is 3.66. The molecule has 1 amide bonds. The Morgan fingerprint density at radius 1 is 0.857 bits per heavy atom. The number of carbonyl (C=O) groups is 1. The van der Waals surface area contributed by atoms with Crippen LogP contribution in [0.5, 0.6) is 11.5 Å². The highest BCUT2D eigenvalue weighted by molar-refractivity contribution is 5.83. The normalized spacial score (nSPS) is 10.5. The summed E-state index contributed by atoms with van der Waals surface area (Å²) in [7, 11) is 0. The highest BCUT2D eigenvalue weighted by Gasteiger charge is 2.01. The van der Waals surface area contributed by atoms with E-state index in [1.54, 1.807) is 0 Å². The molecule has 0 aliphatic rings. The molecule has 104 valence electrons. The number of benzene rings is 3. The van der Waals surface area contributed by atoms with Crippen molar-refractivity contribution >= 4 is 16.7 Å². The van der Waals surface area contributed by atoms with Crippen LogP contribution >= 0.6 is 0 Å². The molecule has 0 spiro atoms. The maximum Gasteiger partial charge on any atom is 0.221 e. The topological polar surface area (TPSA) is 52.3 Å². The summed E-state index contributed by atoms with van der Waals surface area (Å²) in [6.07, 6.45) is 0.246. The molecule has 21 heavy (non-hydrogen) atoms. The lowest BCUT2D eigenvalue weighted by atomic mass is 10.1. The van der Waals surface area contributed by atoms with E-state index in [9.17, 15) is 4.79 Å². The molecule has 0 aliphatic heterocycles. The molecule has 3 rings (SSSR count). The Labute approximate surface area is 123 Å². The van der Waals surface area contributed by atoms with Crippen LogP contribution in [0.4, 0.5) is 0 Å². The summed E-state index contributed by atoms with van der Waals surface area (Å²) in [4.78, 5) is 10.9. The molecule has 2 N–H and O–H groups in total. The second kappa shape index (κ2) is 5.67. The van der Waals surface area contributed by atoms with E-state index in [0.29, 0.717) is 0 Å². The van der Waals surface area contributed by atoms with Crippen LogP contribution in [-0.2, 0) is 11.2 Å². The van der Waals surface area contributed by atoms with Crippen LogP contribution in [0.3, 0.4) is 0 Å². The lowest BCUT2D eigenvalue weighted by Crippen LogP contribution is -2.13. The van der Waals surface area contributed by atoms with Gasteiger partial charge in [-0.1, -0.05) is 42.5 Å². The van der Waals surface area contributed by atoms with Crippen molar-refractivity contribution in [3.63, 3.8) is 0 Å². The number of carbonyl (C=O) groups excluding carboxylic acids is 1. The van der Waals surface area contributed by atoms with Gasteiger partial charge in [-0.25, -0.2) is 0 Å². The maximum atomic E-state index is 10.9. The minimum Gasteiger partial charge on any atom is -0.457 e. The van der Waals surface area contributed by atoms with Crippen molar-refractivity contribution in [1.29, 1.82) is 0 Å². The molecule has 0 saturated heterocycles. The molecule has 0 saturated carbocycles. The monoisotopic (exact) mass is 277 g/mol. The van der Waals surface area contributed by atoms with E-state index >= 15 is 0 Å². The Balaban J connectivity index is 1.79. The van der Waals surface area contributed by atoms with Crippen LogP contribution in [0.1, 0.15) is 5.56 Å². The first-order chi connectivity index (χ1) is 10.2. The molecule has 0 radical (unpaired) electrons. The summed E-state index contributed by atoms with van der Waals surface area (Å²) >= 11 is 0. The number of rotatable bonds is 4. The zero-order chi connectivity index (χ0) is 14.7. The highest BCUT2D eigenvalue weighted by atomic mass is 16.5. The fourth-order valence-corrected chi connectivity index (χ4v) is 2.24.